The lowest BCUT2D eigenvalue weighted by Gasteiger charge is -2.05. The summed E-state index contributed by atoms with van der Waals surface area (Å²) in [5.41, 5.74) is -0.624. The Bertz CT molecular complexity index is 391. The number of phenolic OH excluding ortho intramolecular Hbond substituents is 1. The van der Waals surface area contributed by atoms with Crippen LogP contribution in [-0.4, -0.2) is 10.0 Å². The predicted molar refractivity (Wildman–Crippen MR) is 54.8 cm³/mol. The van der Waals surface area contributed by atoms with Crippen LogP contribution in [0.15, 0.2) is 0 Å². The minimum absolute atomic E-state index is 0.396. The Kier molecular flexibility index (Phi) is 3.32. The van der Waals surface area contributed by atoms with Gasteiger partial charge in [0.25, 0.3) is 0 Å². The van der Waals surface area contributed by atoms with Gasteiger partial charge in [-0.1, -0.05) is 46.4 Å². The van der Waals surface area contributed by atoms with E-state index in [9.17, 15) is 15.2 Å². The molecule has 0 atom stereocenters. The van der Waals surface area contributed by atoms with Gasteiger partial charge in [-0.2, -0.15) is 0 Å². The highest BCUT2D eigenvalue weighted by Gasteiger charge is 2.27. The first-order chi connectivity index (χ1) is 6.37. The molecule has 0 bridgehead atoms. The van der Waals surface area contributed by atoms with Gasteiger partial charge < -0.3 is 5.11 Å². The molecule has 0 radical (unpaired) electrons. The summed E-state index contributed by atoms with van der Waals surface area (Å²) in [4.78, 5) is 9.66. The molecule has 1 aromatic carbocycles. The van der Waals surface area contributed by atoms with E-state index in [0.717, 1.165) is 0 Å². The second-order valence-electron chi connectivity index (χ2n) is 2.21. The molecule has 0 saturated carbocycles. The lowest BCUT2D eigenvalue weighted by molar-refractivity contribution is -0.384. The molecule has 0 unspecified atom stereocenters. The highest BCUT2D eigenvalue weighted by molar-refractivity contribution is 6.50. The molecule has 76 valence electrons. The van der Waals surface area contributed by atoms with E-state index < -0.39 is 36.5 Å². The first-order valence-electron chi connectivity index (χ1n) is 3.07. The zero-order valence-corrected chi connectivity index (χ0v) is 9.25. The molecular weight excluding hydrogens is 276 g/mol. The van der Waals surface area contributed by atoms with E-state index in [1.54, 1.807) is 0 Å². The van der Waals surface area contributed by atoms with Crippen LogP contribution in [0.25, 0.3) is 0 Å². The Hall–Kier alpha value is -0.420. The average molecular weight is 277 g/mol. The van der Waals surface area contributed by atoms with Gasteiger partial charge in [0, 0.05) is 0 Å². The quantitative estimate of drug-likeness (QED) is 0.480. The SMILES string of the molecule is O=[N+]([O-])c1c(Cl)c(Cl)c(O)c(Cl)c1Cl. The van der Waals surface area contributed by atoms with E-state index in [-0.39, 0.29) is 0 Å². The number of benzene rings is 1. The number of nitrogens with zero attached hydrogens (tertiary/aromatic N) is 1. The first-order valence-corrected chi connectivity index (χ1v) is 4.58. The molecule has 0 amide bonds. The zero-order chi connectivity index (χ0) is 11.0. The molecule has 4 nitrogen and oxygen atoms in total. The van der Waals surface area contributed by atoms with Gasteiger partial charge in [-0.15, -0.1) is 0 Å². The number of phenols is 1. The highest BCUT2D eigenvalue weighted by Crippen LogP contribution is 2.48. The average Bonchev–Trinajstić information content (AvgIpc) is 2.11. The Balaban J connectivity index is 3.68. The Morgan fingerprint density at radius 1 is 1.00 bits per heavy atom. The highest BCUT2D eigenvalue weighted by atomic mass is 35.5. The minimum Gasteiger partial charge on any atom is -0.505 e. The third-order valence-electron chi connectivity index (χ3n) is 1.40. The number of rotatable bonds is 1. The van der Waals surface area contributed by atoms with Crippen molar-refractivity contribution in [2.45, 2.75) is 0 Å². The third kappa shape index (κ3) is 1.70. The van der Waals surface area contributed by atoms with Gasteiger partial charge in [-0.05, 0) is 0 Å². The van der Waals surface area contributed by atoms with Gasteiger partial charge in [0.15, 0.2) is 5.75 Å². The second-order valence-corrected chi connectivity index (χ2v) is 3.72. The Morgan fingerprint density at radius 2 is 1.36 bits per heavy atom. The van der Waals surface area contributed by atoms with Crippen LogP contribution >= 0.6 is 46.4 Å². The number of nitro benzene ring substituents is 1. The van der Waals surface area contributed by atoms with Gasteiger partial charge in [0.1, 0.15) is 20.1 Å². The fourth-order valence-electron chi connectivity index (χ4n) is 0.769. The van der Waals surface area contributed by atoms with Crippen LogP contribution in [-0.2, 0) is 0 Å². The van der Waals surface area contributed by atoms with E-state index in [1.165, 1.54) is 0 Å². The number of hydrogen-bond donors (Lipinski definition) is 1. The van der Waals surface area contributed by atoms with Crippen molar-refractivity contribution in [2.75, 3.05) is 0 Å². The summed E-state index contributed by atoms with van der Waals surface area (Å²) in [7, 11) is 0. The summed E-state index contributed by atoms with van der Waals surface area (Å²) in [5, 5.41) is 18.0. The topological polar surface area (TPSA) is 63.4 Å². The maximum Gasteiger partial charge on any atom is 0.309 e. The molecule has 0 aliphatic heterocycles. The van der Waals surface area contributed by atoms with Crippen LogP contribution in [0.4, 0.5) is 5.69 Å². The van der Waals surface area contributed by atoms with Crippen molar-refractivity contribution >= 4 is 52.1 Å². The van der Waals surface area contributed by atoms with E-state index in [2.05, 4.69) is 0 Å². The molecular formula is C6HCl4NO3. The molecule has 1 N–H and O–H groups in total. The monoisotopic (exact) mass is 275 g/mol. The standard InChI is InChI=1S/C6HCl4NO3/c7-1-3(9)6(12)4(10)2(8)5(1)11(13)14/h12H. The zero-order valence-electron chi connectivity index (χ0n) is 6.22. The van der Waals surface area contributed by atoms with Gasteiger partial charge in [-0.3, -0.25) is 10.1 Å². The summed E-state index contributed by atoms with van der Waals surface area (Å²) in [6.45, 7) is 0. The van der Waals surface area contributed by atoms with E-state index >= 15 is 0 Å². The molecule has 14 heavy (non-hydrogen) atoms. The molecule has 8 heteroatoms. The number of hydrogen-bond acceptors (Lipinski definition) is 3. The van der Waals surface area contributed by atoms with Gasteiger partial charge in [-0.25, -0.2) is 0 Å². The van der Waals surface area contributed by atoms with Crippen molar-refractivity contribution in [3.63, 3.8) is 0 Å². The Labute approximate surface area is 98.1 Å². The maximum atomic E-state index is 10.5. The molecule has 0 fully saturated rings. The van der Waals surface area contributed by atoms with Gasteiger partial charge >= 0.3 is 5.69 Å². The number of halogens is 4. The molecule has 0 spiro atoms. The fraction of sp³-hybridized carbons (Fsp3) is 0. The first kappa shape index (κ1) is 11.7. The summed E-state index contributed by atoms with van der Waals surface area (Å²) in [6.07, 6.45) is 0. The molecule has 0 saturated heterocycles. The van der Waals surface area contributed by atoms with E-state index in [4.69, 9.17) is 46.4 Å². The summed E-state index contributed by atoms with van der Waals surface area (Å²) in [5.74, 6) is -0.575. The molecule has 0 aliphatic rings. The van der Waals surface area contributed by atoms with Crippen LogP contribution < -0.4 is 0 Å². The van der Waals surface area contributed by atoms with Crippen molar-refractivity contribution in [3.05, 3.63) is 30.2 Å². The molecule has 1 rings (SSSR count). The van der Waals surface area contributed by atoms with Crippen molar-refractivity contribution in [1.29, 1.82) is 0 Å². The molecule has 0 aromatic heterocycles. The van der Waals surface area contributed by atoms with E-state index in [0.29, 0.717) is 0 Å². The Morgan fingerprint density at radius 3 is 1.64 bits per heavy atom. The largest absolute Gasteiger partial charge is 0.505 e. The minimum atomic E-state index is -0.831. The summed E-state index contributed by atoms with van der Waals surface area (Å²) in [6, 6.07) is 0. The number of nitro groups is 1. The normalized spacial score (nSPS) is 10.3. The predicted octanol–water partition coefficient (Wildman–Crippen LogP) is 3.91. The molecule has 0 heterocycles. The van der Waals surface area contributed by atoms with Crippen molar-refractivity contribution in [1.82, 2.24) is 0 Å². The van der Waals surface area contributed by atoms with Crippen molar-refractivity contribution in [3.8, 4) is 5.75 Å². The van der Waals surface area contributed by atoms with Crippen LogP contribution in [0, 0.1) is 10.1 Å². The van der Waals surface area contributed by atoms with Crippen LogP contribution in [0.2, 0.25) is 20.1 Å². The van der Waals surface area contributed by atoms with Crippen LogP contribution in [0.3, 0.4) is 0 Å². The number of aromatic hydroxyl groups is 1. The van der Waals surface area contributed by atoms with Crippen molar-refractivity contribution < 1.29 is 10.0 Å². The fourth-order valence-corrected chi connectivity index (χ4v) is 1.74. The smallest absolute Gasteiger partial charge is 0.309 e. The van der Waals surface area contributed by atoms with Crippen molar-refractivity contribution in [2.24, 2.45) is 0 Å². The van der Waals surface area contributed by atoms with Crippen LogP contribution in [0.5, 0.6) is 5.75 Å². The molecule has 0 aliphatic carbocycles. The molecule has 1 aromatic rings. The summed E-state index contributed by atoms with van der Waals surface area (Å²) < 4.78 is 0. The van der Waals surface area contributed by atoms with Gasteiger partial charge in [0.05, 0.1) is 4.92 Å². The van der Waals surface area contributed by atoms with Gasteiger partial charge in [0.2, 0.25) is 0 Å². The maximum absolute atomic E-state index is 10.5. The van der Waals surface area contributed by atoms with E-state index in [1.807, 2.05) is 0 Å². The lowest BCUT2D eigenvalue weighted by atomic mass is 10.3. The van der Waals surface area contributed by atoms with Crippen LogP contribution in [0.1, 0.15) is 0 Å². The second kappa shape index (κ2) is 3.98. The summed E-state index contributed by atoms with van der Waals surface area (Å²) >= 11 is 21.9. The third-order valence-corrected chi connectivity index (χ3v) is 3.07. The lowest BCUT2D eigenvalue weighted by Crippen LogP contribution is -1.92.